The molecule has 0 aliphatic heterocycles. The van der Waals surface area contributed by atoms with Gasteiger partial charge in [-0.1, -0.05) is 54.6 Å². The van der Waals surface area contributed by atoms with Gasteiger partial charge in [0.15, 0.2) is 0 Å². The molecule has 4 rings (SSSR count). The van der Waals surface area contributed by atoms with Crippen molar-refractivity contribution in [2.24, 2.45) is 5.10 Å². The maximum absolute atomic E-state index is 13.3. The molecule has 0 fully saturated rings. The highest BCUT2D eigenvalue weighted by Gasteiger charge is 2.14. The molecule has 0 saturated carbocycles. The Morgan fingerprint density at radius 2 is 1.79 bits per heavy atom. The Hall–Kier alpha value is -3.86. The second-order valence-electron chi connectivity index (χ2n) is 6.64. The standard InChI is InChI=1S/C24H18FN3O/c1-16-7-2-3-10-19(16)23-14-21(20-11-4-5-12-22(20)27-23)24(29)28-26-15-17-8-6-9-18(25)13-17/h2-15H,1H3,(H,28,29). The number of benzene rings is 3. The number of hydrogen-bond donors (Lipinski definition) is 1. The lowest BCUT2D eigenvalue weighted by Gasteiger charge is -2.10. The molecule has 142 valence electrons. The van der Waals surface area contributed by atoms with E-state index in [0.717, 1.165) is 27.7 Å². The molecule has 1 heterocycles. The van der Waals surface area contributed by atoms with Crippen molar-refractivity contribution in [3.8, 4) is 11.3 Å². The van der Waals surface area contributed by atoms with E-state index in [1.165, 1.54) is 18.3 Å². The van der Waals surface area contributed by atoms with Crippen LogP contribution in [0.4, 0.5) is 4.39 Å². The number of aryl methyl sites for hydroxylation is 1. The molecule has 0 atom stereocenters. The van der Waals surface area contributed by atoms with Gasteiger partial charge in [0.2, 0.25) is 0 Å². The third kappa shape index (κ3) is 4.04. The fourth-order valence-electron chi connectivity index (χ4n) is 3.17. The molecule has 0 saturated heterocycles. The first-order valence-electron chi connectivity index (χ1n) is 9.16. The number of aromatic nitrogens is 1. The zero-order valence-electron chi connectivity index (χ0n) is 15.8. The maximum atomic E-state index is 13.3. The van der Waals surface area contributed by atoms with E-state index < -0.39 is 0 Å². The van der Waals surface area contributed by atoms with E-state index in [1.807, 2.05) is 55.5 Å². The van der Waals surface area contributed by atoms with Crippen LogP contribution in [0.25, 0.3) is 22.2 Å². The zero-order chi connectivity index (χ0) is 20.2. The number of hydrazone groups is 1. The van der Waals surface area contributed by atoms with Gasteiger partial charge in [-0.2, -0.15) is 5.10 Å². The van der Waals surface area contributed by atoms with Crippen LogP contribution in [0, 0.1) is 12.7 Å². The highest BCUT2D eigenvalue weighted by Crippen LogP contribution is 2.27. The van der Waals surface area contributed by atoms with E-state index in [4.69, 9.17) is 4.98 Å². The number of nitrogens with zero attached hydrogens (tertiary/aromatic N) is 2. The molecule has 0 aliphatic rings. The van der Waals surface area contributed by atoms with Crippen molar-refractivity contribution in [2.45, 2.75) is 6.92 Å². The van der Waals surface area contributed by atoms with E-state index in [0.29, 0.717) is 11.1 Å². The third-order valence-electron chi connectivity index (χ3n) is 4.61. The zero-order valence-corrected chi connectivity index (χ0v) is 15.8. The first-order chi connectivity index (χ1) is 14.1. The first-order valence-corrected chi connectivity index (χ1v) is 9.16. The van der Waals surface area contributed by atoms with Crippen LogP contribution in [-0.4, -0.2) is 17.1 Å². The quantitative estimate of drug-likeness (QED) is 0.393. The lowest BCUT2D eigenvalue weighted by molar-refractivity contribution is 0.0956. The minimum absolute atomic E-state index is 0.355. The monoisotopic (exact) mass is 383 g/mol. The molecule has 0 bridgehead atoms. The van der Waals surface area contributed by atoms with Gasteiger partial charge in [-0.25, -0.2) is 14.8 Å². The van der Waals surface area contributed by atoms with Crippen LogP contribution in [0.1, 0.15) is 21.5 Å². The van der Waals surface area contributed by atoms with Crippen LogP contribution < -0.4 is 5.43 Å². The molecule has 0 aliphatic carbocycles. The third-order valence-corrected chi connectivity index (χ3v) is 4.61. The number of carbonyl (C=O) groups excluding carboxylic acids is 1. The van der Waals surface area contributed by atoms with Crippen molar-refractivity contribution in [1.82, 2.24) is 10.4 Å². The van der Waals surface area contributed by atoms with E-state index in [-0.39, 0.29) is 11.7 Å². The summed E-state index contributed by atoms with van der Waals surface area (Å²) in [5.41, 5.74) is 7.07. The molecule has 4 nitrogen and oxygen atoms in total. The fraction of sp³-hybridized carbons (Fsp3) is 0.0417. The van der Waals surface area contributed by atoms with Gasteiger partial charge in [0.25, 0.3) is 5.91 Å². The summed E-state index contributed by atoms with van der Waals surface area (Å²) in [6.07, 6.45) is 1.41. The SMILES string of the molecule is Cc1ccccc1-c1cc(C(=O)NN=Cc2cccc(F)c2)c2ccccc2n1. The summed E-state index contributed by atoms with van der Waals surface area (Å²) < 4.78 is 13.3. The number of carbonyl (C=O) groups is 1. The number of fused-ring (bicyclic) bond motifs is 1. The summed E-state index contributed by atoms with van der Waals surface area (Å²) in [5, 5.41) is 4.71. The van der Waals surface area contributed by atoms with E-state index in [2.05, 4.69) is 10.5 Å². The molecule has 29 heavy (non-hydrogen) atoms. The lowest BCUT2D eigenvalue weighted by Crippen LogP contribution is -2.18. The highest BCUT2D eigenvalue weighted by atomic mass is 19.1. The summed E-state index contributed by atoms with van der Waals surface area (Å²) >= 11 is 0. The second kappa shape index (κ2) is 8.02. The van der Waals surface area contributed by atoms with Crippen molar-refractivity contribution in [3.05, 3.63) is 101 Å². The van der Waals surface area contributed by atoms with Gasteiger partial charge in [-0.15, -0.1) is 0 Å². The van der Waals surface area contributed by atoms with Crippen molar-refractivity contribution in [3.63, 3.8) is 0 Å². The number of hydrogen-bond acceptors (Lipinski definition) is 3. The predicted octanol–water partition coefficient (Wildman–Crippen LogP) is 5.11. The average molecular weight is 383 g/mol. The van der Waals surface area contributed by atoms with Crippen LogP contribution >= 0.6 is 0 Å². The Morgan fingerprint density at radius 1 is 1.00 bits per heavy atom. The highest BCUT2D eigenvalue weighted by molar-refractivity contribution is 6.07. The van der Waals surface area contributed by atoms with Crippen molar-refractivity contribution >= 4 is 23.0 Å². The van der Waals surface area contributed by atoms with Crippen molar-refractivity contribution in [2.75, 3.05) is 0 Å². The molecule has 4 aromatic rings. The lowest BCUT2D eigenvalue weighted by atomic mass is 10.0. The Bertz CT molecular complexity index is 1230. The summed E-state index contributed by atoms with van der Waals surface area (Å²) in [4.78, 5) is 17.6. The minimum atomic E-state index is -0.358. The van der Waals surface area contributed by atoms with Crippen LogP contribution in [0.5, 0.6) is 0 Å². The number of amides is 1. The van der Waals surface area contributed by atoms with Crippen LogP contribution in [0.3, 0.4) is 0 Å². The number of para-hydroxylation sites is 1. The topological polar surface area (TPSA) is 54.4 Å². The van der Waals surface area contributed by atoms with Gasteiger partial charge in [-0.3, -0.25) is 4.79 Å². The summed E-state index contributed by atoms with van der Waals surface area (Å²) in [6, 6.07) is 23.2. The predicted molar refractivity (Wildman–Crippen MR) is 113 cm³/mol. The summed E-state index contributed by atoms with van der Waals surface area (Å²) in [5.74, 6) is -0.714. The Morgan fingerprint density at radius 3 is 2.62 bits per heavy atom. The number of nitrogens with one attached hydrogen (secondary N) is 1. The Balaban J connectivity index is 1.70. The van der Waals surface area contributed by atoms with Crippen molar-refractivity contribution < 1.29 is 9.18 Å². The van der Waals surface area contributed by atoms with Crippen LogP contribution in [0.2, 0.25) is 0 Å². The van der Waals surface area contributed by atoms with Gasteiger partial charge in [0.1, 0.15) is 5.82 Å². The van der Waals surface area contributed by atoms with E-state index in [9.17, 15) is 9.18 Å². The summed E-state index contributed by atoms with van der Waals surface area (Å²) in [7, 11) is 0. The molecule has 3 aromatic carbocycles. The van der Waals surface area contributed by atoms with Gasteiger partial charge in [0, 0.05) is 10.9 Å². The van der Waals surface area contributed by atoms with E-state index in [1.54, 1.807) is 18.2 Å². The molecule has 5 heteroatoms. The maximum Gasteiger partial charge on any atom is 0.272 e. The molecular formula is C24H18FN3O. The van der Waals surface area contributed by atoms with E-state index >= 15 is 0 Å². The molecule has 1 N–H and O–H groups in total. The Labute approximate surface area is 167 Å². The largest absolute Gasteiger partial charge is 0.272 e. The summed E-state index contributed by atoms with van der Waals surface area (Å²) in [6.45, 7) is 2.01. The number of rotatable bonds is 4. The van der Waals surface area contributed by atoms with Crippen LogP contribution in [0.15, 0.2) is 84.0 Å². The fourth-order valence-corrected chi connectivity index (χ4v) is 3.17. The average Bonchev–Trinajstić information content (AvgIpc) is 2.73. The normalized spacial score (nSPS) is 11.1. The molecule has 0 spiro atoms. The number of pyridine rings is 1. The number of halogens is 1. The minimum Gasteiger partial charge on any atom is -0.267 e. The molecule has 1 aromatic heterocycles. The molecule has 0 unspecified atom stereocenters. The van der Waals surface area contributed by atoms with Crippen LogP contribution in [-0.2, 0) is 0 Å². The first kappa shape index (κ1) is 18.5. The van der Waals surface area contributed by atoms with Gasteiger partial charge in [-0.05, 0) is 42.3 Å². The smallest absolute Gasteiger partial charge is 0.267 e. The van der Waals surface area contributed by atoms with Gasteiger partial charge in [0.05, 0.1) is 23.0 Å². The van der Waals surface area contributed by atoms with Crippen molar-refractivity contribution in [1.29, 1.82) is 0 Å². The molecular weight excluding hydrogens is 365 g/mol. The van der Waals surface area contributed by atoms with Gasteiger partial charge < -0.3 is 0 Å². The molecule has 1 amide bonds. The Kier molecular flexibility index (Phi) is 5.12. The second-order valence-corrected chi connectivity index (χ2v) is 6.64. The van der Waals surface area contributed by atoms with Gasteiger partial charge >= 0.3 is 0 Å². The molecule has 0 radical (unpaired) electrons.